The Morgan fingerprint density at radius 3 is 2.67 bits per heavy atom. The highest BCUT2D eigenvalue weighted by Crippen LogP contribution is 2.27. The maximum absolute atomic E-state index is 9.20. The smallest absolute Gasteiger partial charge is 0.323 e. The Bertz CT molecular complexity index is 396. The number of anilines is 2. The molecule has 5 N–H and O–H groups in total. The highest BCUT2D eigenvalue weighted by molar-refractivity contribution is 5.34. The molecule has 8 heteroatoms. The number of hydrogen-bond donors (Lipinski definition) is 4. The first-order valence-corrected chi connectivity index (χ1v) is 5.98. The van der Waals surface area contributed by atoms with Crippen LogP contribution in [-0.4, -0.2) is 39.3 Å². The number of aliphatic hydroxyl groups is 1. The van der Waals surface area contributed by atoms with Crippen LogP contribution in [0.4, 0.5) is 11.9 Å². The van der Waals surface area contributed by atoms with Crippen LogP contribution in [0.2, 0.25) is 0 Å². The summed E-state index contributed by atoms with van der Waals surface area (Å²) in [5.74, 6) is 6.41. The lowest BCUT2D eigenvalue weighted by Crippen LogP contribution is -2.33. The van der Waals surface area contributed by atoms with Gasteiger partial charge >= 0.3 is 6.01 Å². The van der Waals surface area contributed by atoms with Gasteiger partial charge in [-0.15, -0.1) is 0 Å². The van der Waals surface area contributed by atoms with E-state index < -0.39 is 0 Å². The van der Waals surface area contributed by atoms with Gasteiger partial charge in [-0.3, -0.25) is 5.43 Å². The SMILES string of the molecule is CCOc1nc(NN)nc(NCC2CC(O)C2)n1. The molecule has 0 amide bonds. The summed E-state index contributed by atoms with van der Waals surface area (Å²) in [5, 5.41) is 12.3. The van der Waals surface area contributed by atoms with Gasteiger partial charge in [-0.25, -0.2) is 5.84 Å². The van der Waals surface area contributed by atoms with E-state index in [4.69, 9.17) is 10.6 Å². The summed E-state index contributed by atoms with van der Waals surface area (Å²) in [4.78, 5) is 12.1. The molecule has 0 atom stereocenters. The summed E-state index contributed by atoms with van der Waals surface area (Å²) in [6.45, 7) is 3.04. The fraction of sp³-hybridized carbons (Fsp3) is 0.700. The maximum Gasteiger partial charge on any atom is 0.323 e. The first-order chi connectivity index (χ1) is 8.71. The first-order valence-electron chi connectivity index (χ1n) is 5.98. The zero-order valence-electron chi connectivity index (χ0n) is 10.3. The molecule has 0 spiro atoms. The monoisotopic (exact) mass is 254 g/mol. The second-order valence-electron chi connectivity index (χ2n) is 4.21. The Morgan fingerprint density at radius 2 is 2.06 bits per heavy atom. The van der Waals surface area contributed by atoms with Crippen molar-refractivity contribution in [2.24, 2.45) is 11.8 Å². The molecule has 1 aliphatic rings. The van der Waals surface area contributed by atoms with Gasteiger partial charge < -0.3 is 15.2 Å². The summed E-state index contributed by atoms with van der Waals surface area (Å²) in [6.07, 6.45) is 1.48. The zero-order chi connectivity index (χ0) is 13.0. The predicted molar refractivity (Wildman–Crippen MR) is 66.0 cm³/mol. The third-order valence-electron chi connectivity index (χ3n) is 2.78. The molecule has 1 fully saturated rings. The highest BCUT2D eigenvalue weighted by atomic mass is 16.5. The molecule has 0 radical (unpaired) electrons. The van der Waals surface area contributed by atoms with Gasteiger partial charge in [0.1, 0.15) is 0 Å². The van der Waals surface area contributed by atoms with Crippen LogP contribution in [0.25, 0.3) is 0 Å². The van der Waals surface area contributed by atoms with E-state index in [1.165, 1.54) is 0 Å². The number of nitrogens with one attached hydrogen (secondary N) is 2. The van der Waals surface area contributed by atoms with Gasteiger partial charge in [0.25, 0.3) is 0 Å². The van der Waals surface area contributed by atoms with Crippen LogP contribution in [0.5, 0.6) is 6.01 Å². The lowest BCUT2D eigenvalue weighted by molar-refractivity contribution is 0.0486. The molecule has 0 unspecified atom stereocenters. The minimum atomic E-state index is -0.157. The van der Waals surface area contributed by atoms with Crippen molar-refractivity contribution in [1.82, 2.24) is 15.0 Å². The fourth-order valence-corrected chi connectivity index (χ4v) is 1.80. The Morgan fingerprint density at radius 1 is 1.33 bits per heavy atom. The average molecular weight is 254 g/mol. The van der Waals surface area contributed by atoms with Crippen molar-refractivity contribution in [3.63, 3.8) is 0 Å². The number of aliphatic hydroxyl groups excluding tert-OH is 1. The van der Waals surface area contributed by atoms with Crippen molar-refractivity contribution in [3.8, 4) is 6.01 Å². The molecule has 18 heavy (non-hydrogen) atoms. The largest absolute Gasteiger partial charge is 0.464 e. The topological polar surface area (TPSA) is 118 Å². The average Bonchev–Trinajstić information content (AvgIpc) is 2.33. The van der Waals surface area contributed by atoms with Crippen molar-refractivity contribution in [3.05, 3.63) is 0 Å². The van der Waals surface area contributed by atoms with E-state index >= 15 is 0 Å². The van der Waals surface area contributed by atoms with E-state index in [0.29, 0.717) is 18.5 Å². The van der Waals surface area contributed by atoms with Crippen molar-refractivity contribution in [2.45, 2.75) is 25.9 Å². The summed E-state index contributed by atoms with van der Waals surface area (Å²) in [5.41, 5.74) is 2.37. The second-order valence-corrected chi connectivity index (χ2v) is 4.21. The van der Waals surface area contributed by atoms with Gasteiger partial charge in [0, 0.05) is 6.54 Å². The Hall–Kier alpha value is -1.67. The predicted octanol–water partition coefficient (Wildman–Crippen LogP) is -0.261. The van der Waals surface area contributed by atoms with Gasteiger partial charge in [0.05, 0.1) is 12.7 Å². The van der Waals surface area contributed by atoms with Gasteiger partial charge in [0.2, 0.25) is 11.9 Å². The molecular weight excluding hydrogens is 236 g/mol. The van der Waals surface area contributed by atoms with Crippen LogP contribution >= 0.6 is 0 Å². The van der Waals surface area contributed by atoms with E-state index in [9.17, 15) is 5.11 Å². The molecule has 2 rings (SSSR count). The van der Waals surface area contributed by atoms with Gasteiger partial charge in [-0.05, 0) is 25.7 Å². The van der Waals surface area contributed by atoms with Crippen LogP contribution in [0.15, 0.2) is 0 Å². The van der Waals surface area contributed by atoms with Gasteiger partial charge in [0.15, 0.2) is 0 Å². The number of rotatable bonds is 6. The lowest BCUT2D eigenvalue weighted by Gasteiger charge is -2.31. The number of nitrogens with two attached hydrogens (primary N) is 1. The minimum Gasteiger partial charge on any atom is -0.464 e. The Balaban J connectivity index is 1.95. The maximum atomic E-state index is 9.20. The Labute approximate surface area is 105 Å². The third-order valence-corrected chi connectivity index (χ3v) is 2.78. The Kier molecular flexibility index (Phi) is 4.11. The second kappa shape index (κ2) is 5.78. The van der Waals surface area contributed by atoms with Crippen LogP contribution in [0.1, 0.15) is 19.8 Å². The molecule has 0 aliphatic heterocycles. The van der Waals surface area contributed by atoms with E-state index in [0.717, 1.165) is 19.4 Å². The van der Waals surface area contributed by atoms with Gasteiger partial charge in [-0.2, -0.15) is 15.0 Å². The molecular formula is C10H18N6O2. The lowest BCUT2D eigenvalue weighted by atomic mass is 9.82. The number of nitrogen functional groups attached to an aromatic ring is 1. The van der Waals surface area contributed by atoms with Crippen LogP contribution in [0, 0.1) is 5.92 Å². The number of hydrogen-bond acceptors (Lipinski definition) is 8. The molecule has 1 saturated carbocycles. The highest BCUT2D eigenvalue weighted by Gasteiger charge is 2.26. The van der Waals surface area contributed by atoms with Crippen molar-refractivity contribution in [1.29, 1.82) is 0 Å². The normalized spacial score (nSPS) is 22.2. The summed E-state index contributed by atoms with van der Waals surface area (Å²) in [7, 11) is 0. The summed E-state index contributed by atoms with van der Waals surface area (Å²) in [6, 6.07) is 0.233. The summed E-state index contributed by atoms with van der Waals surface area (Å²) < 4.78 is 5.22. The molecule has 0 saturated heterocycles. The van der Waals surface area contributed by atoms with Crippen LogP contribution < -0.4 is 21.3 Å². The molecule has 0 aromatic carbocycles. The number of nitrogens with zero attached hydrogens (tertiary/aromatic N) is 3. The first kappa shape index (κ1) is 12.8. The van der Waals surface area contributed by atoms with Gasteiger partial charge in [-0.1, -0.05) is 0 Å². The van der Waals surface area contributed by atoms with E-state index in [1.807, 2.05) is 6.92 Å². The number of aromatic nitrogens is 3. The third kappa shape index (κ3) is 3.17. The fourth-order valence-electron chi connectivity index (χ4n) is 1.80. The quantitative estimate of drug-likeness (QED) is 0.405. The van der Waals surface area contributed by atoms with E-state index in [2.05, 4.69) is 25.7 Å². The molecule has 0 bridgehead atoms. The number of hydrazine groups is 1. The van der Waals surface area contributed by atoms with E-state index in [1.54, 1.807) is 0 Å². The van der Waals surface area contributed by atoms with Crippen molar-refractivity contribution in [2.75, 3.05) is 23.9 Å². The molecule has 100 valence electrons. The van der Waals surface area contributed by atoms with Crippen molar-refractivity contribution >= 4 is 11.9 Å². The van der Waals surface area contributed by atoms with E-state index in [-0.39, 0.29) is 18.1 Å². The number of ether oxygens (including phenoxy) is 1. The molecule has 8 nitrogen and oxygen atoms in total. The summed E-state index contributed by atoms with van der Waals surface area (Å²) >= 11 is 0. The zero-order valence-corrected chi connectivity index (χ0v) is 10.3. The van der Waals surface area contributed by atoms with Crippen molar-refractivity contribution < 1.29 is 9.84 Å². The minimum absolute atomic E-state index is 0.157. The standard InChI is InChI=1S/C10H18N6O2/c1-2-18-10-14-8(13-9(15-10)16-11)12-5-6-3-7(17)4-6/h6-7,17H,2-5,11H2,1H3,(H2,12,13,14,15,16). The van der Waals surface area contributed by atoms with Crippen LogP contribution in [0.3, 0.4) is 0 Å². The van der Waals surface area contributed by atoms with Crippen LogP contribution in [-0.2, 0) is 0 Å². The molecule has 1 aromatic rings. The molecule has 1 heterocycles. The molecule has 1 aromatic heterocycles. The molecule has 1 aliphatic carbocycles.